The van der Waals surface area contributed by atoms with Crippen LogP contribution in [0.4, 0.5) is 0 Å². The molecule has 2 N–H and O–H groups in total. The van der Waals surface area contributed by atoms with Crippen LogP contribution in [0.2, 0.25) is 0 Å². The van der Waals surface area contributed by atoms with Crippen LogP contribution in [0, 0.1) is 5.92 Å². The number of hydrogen-bond donors (Lipinski definition) is 1. The molecule has 1 saturated heterocycles. The topological polar surface area (TPSA) is 29.3 Å². The minimum atomic E-state index is 0.805. The van der Waals surface area contributed by atoms with Crippen LogP contribution in [-0.4, -0.2) is 30.6 Å². The second-order valence-corrected chi connectivity index (χ2v) is 5.37. The van der Waals surface area contributed by atoms with E-state index in [1.807, 2.05) is 0 Å². The van der Waals surface area contributed by atoms with Crippen molar-refractivity contribution in [1.82, 2.24) is 4.90 Å². The van der Waals surface area contributed by atoms with Crippen molar-refractivity contribution in [3.8, 4) is 0 Å². The first-order valence-corrected chi connectivity index (χ1v) is 6.84. The molecule has 88 valence electrons. The summed E-state index contributed by atoms with van der Waals surface area (Å²) in [5, 5.41) is 0. The molecule has 2 rings (SSSR count). The van der Waals surface area contributed by atoms with Gasteiger partial charge in [-0.05, 0) is 57.7 Å². The summed E-state index contributed by atoms with van der Waals surface area (Å²) in [7, 11) is 0. The summed E-state index contributed by atoms with van der Waals surface area (Å²) in [6, 6.07) is 0.862. The van der Waals surface area contributed by atoms with E-state index < -0.39 is 0 Å². The Morgan fingerprint density at radius 1 is 0.933 bits per heavy atom. The first kappa shape index (κ1) is 11.4. The number of nitrogens with zero attached hydrogens (tertiary/aromatic N) is 1. The van der Waals surface area contributed by atoms with Crippen LogP contribution in [-0.2, 0) is 0 Å². The highest BCUT2D eigenvalue weighted by Crippen LogP contribution is 2.27. The molecule has 15 heavy (non-hydrogen) atoms. The summed E-state index contributed by atoms with van der Waals surface area (Å²) < 4.78 is 0. The van der Waals surface area contributed by atoms with Crippen LogP contribution in [0.25, 0.3) is 0 Å². The van der Waals surface area contributed by atoms with Gasteiger partial charge in [0.25, 0.3) is 0 Å². The predicted octanol–water partition coefficient (Wildman–Crippen LogP) is 2.38. The van der Waals surface area contributed by atoms with E-state index in [1.165, 1.54) is 64.5 Å². The number of hydrogen-bond acceptors (Lipinski definition) is 2. The van der Waals surface area contributed by atoms with E-state index in [9.17, 15) is 0 Å². The van der Waals surface area contributed by atoms with Gasteiger partial charge in [-0.2, -0.15) is 0 Å². The average molecular weight is 210 g/mol. The SMILES string of the molecule is NCC1CCCCC(N2CCCCC2)C1. The normalized spacial score (nSPS) is 35.0. The van der Waals surface area contributed by atoms with Gasteiger partial charge in [0, 0.05) is 6.04 Å². The lowest BCUT2D eigenvalue weighted by atomic mass is 9.96. The van der Waals surface area contributed by atoms with Crippen molar-refractivity contribution in [2.24, 2.45) is 11.7 Å². The number of nitrogens with two attached hydrogens (primary N) is 1. The monoisotopic (exact) mass is 210 g/mol. The molecule has 1 aliphatic heterocycles. The molecule has 1 saturated carbocycles. The number of piperidine rings is 1. The van der Waals surface area contributed by atoms with E-state index in [2.05, 4.69) is 4.90 Å². The highest BCUT2D eigenvalue weighted by atomic mass is 15.2. The van der Waals surface area contributed by atoms with Gasteiger partial charge in [0.15, 0.2) is 0 Å². The van der Waals surface area contributed by atoms with Crippen molar-refractivity contribution >= 4 is 0 Å². The van der Waals surface area contributed by atoms with Gasteiger partial charge in [-0.3, -0.25) is 0 Å². The third kappa shape index (κ3) is 3.18. The van der Waals surface area contributed by atoms with Gasteiger partial charge in [-0.1, -0.05) is 19.3 Å². The number of rotatable bonds is 2. The fourth-order valence-corrected chi connectivity index (χ4v) is 3.26. The first-order chi connectivity index (χ1) is 7.40. The Hall–Kier alpha value is -0.0800. The Kier molecular flexibility index (Phi) is 4.45. The number of likely N-dealkylation sites (tertiary alicyclic amines) is 1. The Labute approximate surface area is 94.2 Å². The Morgan fingerprint density at radius 3 is 2.40 bits per heavy atom. The molecule has 2 aliphatic rings. The standard InChI is InChI=1S/C13H26N2/c14-11-12-6-2-3-7-13(10-12)15-8-4-1-5-9-15/h12-13H,1-11,14H2. The van der Waals surface area contributed by atoms with Gasteiger partial charge in [-0.25, -0.2) is 0 Å². The molecule has 0 aromatic carbocycles. The second kappa shape index (κ2) is 5.86. The molecule has 2 nitrogen and oxygen atoms in total. The lowest BCUT2D eigenvalue weighted by Gasteiger charge is -2.35. The Morgan fingerprint density at radius 2 is 1.67 bits per heavy atom. The molecule has 0 aromatic rings. The Bertz CT molecular complexity index is 175. The molecule has 0 radical (unpaired) electrons. The fourth-order valence-electron chi connectivity index (χ4n) is 3.26. The third-order valence-electron chi connectivity index (χ3n) is 4.25. The van der Waals surface area contributed by atoms with Gasteiger partial charge in [-0.15, -0.1) is 0 Å². The first-order valence-electron chi connectivity index (χ1n) is 6.84. The third-order valence-corrected chi connectivity index (χ3v) is 4.25. The van der Waals surface area contributed by atoms with Crippen molar-refractivity contribution in [3.05, 3.63) is 0 Å². The van der Waals surface area contributed by atoms with Crippen molar-refractivity contribution in [2.45, 2.75) is 57.4 Å². The van der Waals surface area contributed by atoms with Gasteiger partial charge < -0.3 is 10.6 Å². The zero-order chi connectivity index (χ0) is 10.5. The van der Waals surface area contributed by atoms with Crippen molar-refractivity contribution < 1.29 is 0 Å². The van der Waals surface area contributed by atoms with E-state index in [-0.39, 0.29) is 0 Å². The lowest BCUT2D eigenvalue weighted by molar-refractivity contribution is 0.139. The maximum atomic E-state index is 5.85. The molecule has 0 spiro atoms. The molecule has 0 amide bonds. The van der Waals surface area contributed by atoms with Gasteiger partial charge in [0.1, 0.15) is 0 Å². The van der Waals surface area contributed by atoms with Crippen LogP contribution >= 0.6 is 0 Å². The highest BCUT2D eigenvalue weighted by Gasteiger charge is 2.25. The quantitative estimate of drug-likeness (QED) is 0.709. The van der Waals surface area contributed by atoms with E-state index in [1.54, 1.807) is 0 Å². The van der Waals surface area contributed by atoms with Crippen LogP contribution in [0.3, 0.4) is 0 Å². The summed E-state index contributed by atoms with van der Waals surface area (Å²) in [5.74, 6) is 0.805. The van der Waals surface area contributed by atoms with Crippen LogP contribution in [0.15, 0.2) is 0 Å². The Balaban J connectivity index is 1.87. The maximum absolute atomic E-state index is 5.85. The predicted molar refractivity (Wildman–Crippen MR) is 64.8 cm³/mol. The summed E-state index contributed by atoms with van der Waals surface area (Å²) >= 11 is 0. The molecule has 2 fully saturated rings. The van der Waals surface area contributed by atoms with Crippen LogP contribution in [0.5, 0.6) is 0 Å². The van der Waals surface area contributed by atoms with Crippen molar-refractivity contribution in [3.63, 3.8) is 0 Å². The molecule has 0 aromatic heterocycles. The minimum absolute atomic E-state index is 0.805. The molecular formula is C13H26N2. The van der Waals surface area contributed by atoms with E-state index in [4.69, 9.17) is 5.73 Å². The van der Waals surface area contributed by atoms with Gasteiger partial charge in [0.05, 0.1) is 0 Å². The highest BCUT2D eigenvalue weighted by molar-refractivity contribution is 4.80. The second-order valence-electron chi connectivity index (χ2n) is 5.37. The zero-order valence-corrected chi connectivity index (χ0v) is 9.96. The zero-order valence-electron chi connectivity index (χ0n) is 9.96. The largest absolute Gasteiger partial charge is 0.330 e. The fraction of sp³-hybridized carbons (Fsp3) is 1.00. The molecule has 0 bridgehead atoms. The van der Waals surface area contributed by atoms with E-state index in [0.29, 0.717) is 0 Å². The van der Waals surface area contributed by atoms with Gasteiger partial charge in [0.2, 0.25) is 0 Å². The molecule has 2 heteroatoms. The maximum Gasteiger partial charge on any atom is 0.00983 e. The van der Waals surface area contributed by atoms with Crippen molar-refractivity contribution in [2.75, 3.05) is 19.6 Å². The smallest absolute Gasteiger partial charge is 0.00983 e. The minimum Gasteiger partial charge on any atom is -0.330 e. The van der Waals surface area contributed by atoms with E-state index in [0.717, 1.165) is 18.5 Å². The summed E-state index contributed by atoms with van der Waals surface area (Å²) in [6.45, 7) is 3.61. The lowest BCUT2D eigenvalue weighted by Crippen LogP contribution is -2.40. The van der Waals surface area contributed by atoms with Crippen LogP contribution < -0.4 is 5.73 Å². The summed E-state index contributed by atoms with van der Waals surface area (Å²) in [6.07, 6.45) is 11.3. The summed E-state index contributed by atoms with van der Waals surface area (Å²) in [4.78, 5) is 2.75. The molecule has 1 heterocycles. The van der Waals surface area contributed by atoms with Crippen molar-refractivity contribution in [1.29, 1.82) is 0 Å². The molecular weight excluding hydrogens is 184 g/mol. The molecule has 2 atom stereocenters. The summed E-state index contributed by atoms with van der Waals surface area (Å²) in [5.41, 5.74) is 5.85. The van der Waals surface area contributed by atoms with Gasteiger partial charge >= 0.3 is 0 Å². The molecule has 2 unspecified atom stereocenters. The average Bonchev–Trinajstić information content (AvgIpc) is 2.55. The van der Waals surface area contributed by atoms with Crippen LogP contribution in [0.1, 0.15) is 51.4 Å². The molecule has 1 aliphatic carbocycles. The van der Waals surface area contributed by atoms with E-state index >= 15 is 0 Å².